The highest BCUT2D eigenvalue weighted by Crippen LogP contribution is 2.32. The number of hydrogen-bond acceptors (Lipinski definition) is 7. The van der Waals surface area contributed by atoms with E-state index < -0.39 is 11.4 Å². The summed E-state index contributed by atoms with van der Waals surface area (Å²) in [5.41, 5.74) is -0.444. The van der Waals surface area contributed by atoms with Crippen molar-refractivity contribution in [1.29, 1.82) is 0 Å². The molecule has 1 aromatic rings. The van der Waals surface area contributed by atoms with Crippen LogP contribution in [0.5, 0.6) is 0 Å². The van der Waals surface area contributed by atoms with Gasteiger partial charge in [-0.25, -0.2) is 4.98 Å². The predicted molar refractivity (Wildman–Crippen MR) is 102 cm³/mol. The lowest BCUT2D eigenvalue weighted by Crippen LogP contribution is -2.40. The Morgan fingerprint density at radius 1 is 1.33 bits per heavy atom. The molecule has 150 valence electrons. The van der Waals surface area contributed by atoms with Crippen LogP contribution in [0.1, 0.15) is 45.1 Å². The minimum Gasteiger partial charge on any atom is -0.481 e. The van der Waals surface area contributed by atoms with Crippen LogP contribution < -0.4 is 10.2 Å². The summed E-state index contributed by atoms with van der Waals surface area (Å²) >= 11 is 0. The molecule has 8 nitrogen and oxygen atoms in total. The van der Waals surface area contributed by atoms with Crippen LogP contribution in [0.4, 0.5) is 11.8 Å². The number of nitrogens with zero attached hydrogens (tertiary/aromatic N) is 3. The fourth-order valence-electron chi connectivity index (χ4n) is 3.41. The van der Waals surface area contributed by atoms with Crippen molar-refractivity contribution in [2.75, 3.05) is 49.7 Å². The Morgan fingerprint density at radius 3 is 2.78 bits per heavy atom. The van der Waals surface area contributed by atoms with Crippen molar-refractivity contribution in [3.05, 3.63) is 11.8 Å². The highest BCUT2D eigenvalue weighted by Gasteiger charge is 2.35. The quantitative estimate of drug-likeness (QED) is 0.744. The van der Waals surface area contributed by atoms with Crippen molar-refractivity contribution in [2.24, 2.45) is 0 Å². The lowest BCUT2D eigenvalue weighted by Gasteiger charge is -2.32. The van der Waals surface area contributed by atoms with Gasteiger partial charge in [-0.3, -0.25) is 4.79 Å². The summed E-state index contributed by atoms with van der Waals surface area (Å²) in [4.78, 5) is 22.9. The van der Waals surface area contributed by atoms with Gasteiger partial charge in [-0.1, -0.05) is 0 Å². The molecule has 0 aliphatic carbocycles. The Labute approximate surface area is 160 Å². The van der Waals surface area contributed by atoms with Gasteiger partial charge in [0.15, 0.2) is 0 Å². The molecule has 0 bridgehead atoms. The highest BCUT2D eigenvalue weighted by atomic mass is 16.5. The Hall–Kier alpha value is -1.93. The van der Waals surface area contributed by atoms with Gasteiger partial charge in [0.2, 0.25) is 5.95 Å². The molecule has 0 radical (unpaired) electrons. The average Bonchev–Trinajstić information content (AvgIpc) is 2.69. The van der Waals surface area contributed by atoms with Crippen molar-refractivity contribution in [3.63, 3.8) is 0 Å². The minimum atomic E-state index is -1.07. The van der Waals surface area contributed by atoms with Crippen LogP contribution in [-0.4, -0.2) is 66.6 Å². The lowest BCUT2D eigenvalue weighted by molar-refractivity contribution is -0.142. The van der Waals surface area contributed by atoms with E-state index in [-0.39, 0.29) is 0 Å². The Bertz CT molecular complexity index is 641. The minimum absolute atomic E-state index is 0.301. The molecule has 2 fully saturated rings. The molecular weight excluding hydrogens is 348 g/mol. The topological polar surface area (TPSA) is 96.8 Å². The molecule has 0 amide bonds. The lowest BCUT2D eigenvalue weighted by atomic mass is 9.85. The van der Waals surface area contributed by atoms with E-state index in [0.717, 1.165) is 32.4 Å². The van der Waals surface area contributed by atoms with Gasteiger partial charge >= 0.3 is 5.97 Å². The Morgan fingerprint density at radius 2 is 2.11 bits per heavy atom. The summed E-state index contributed by atoms with van der Waals surface area (Å²) < 4.78 is 11.2. The summed E-state index contributed by atoms with van der Waals surface area (Å²) in [6.07, 6.45) is 6.34. The van der Waals surface area contributed by atoms with E-state index >= 15 is 0 Å². The average molecular weight is 378 g/mol. The summed E-state index contributed by atoms with van der Waals surface area (Å²) in [5, 5.41) is 12.9. The normalized spacial score (nSPS) is 21.1. The number of rotatable bonds is 7. The Balaban J connectivity index is 1.74. The molecule has 2 aliphatic rings. The molecule has 3 rings (SSSR count). The van der Waals surface area contributed by atoms with Gasteiger partial charge in [-0.2, -0.15) is 4.98 Å². The zero-order valence-electron chi connectivity index (χ0n) is 16.2. The summed E-state index contributed by atoms with van der Waals surface area (Å²) in [7, 11) is 0. The first kappa shape index (κ1) is 19.8. The third-order valence-corrected chi connectivity index (χ3v) is 5.31. The van der Waals surface area contributed by atoms with E-state index in [4.69, 9.17) is 9.47 Å². The summed E-state index contributed by atoms with van der Waals surface area (Å²) in [5.74, 6) is 0.310. The maximum absolute atomic E-state index is 11.8. The van der Waals surface area contributed by atoms with Crippen LogP contribution in [0.15, 0.2) is 6.20 Å². The first-order valence-electron chi connectivity index (χ1n) is 9.77. The van der Waals surface area contributed by atoms with E-state index in [1.165, 1.54) is 6.42 Å². The number of carboxylic acids is 1. The number of carbonyl (C=O) groups is 1. The first-order valence-corrected chi connectivity index (χ1v) is 9.77. The van der Waals surface area contributed by atoms with E-state index in [9.17, 15) is 9.90 Å². The number of aliphatic carboxylic acids is 1. The van der Waals surface area contributed by atoms with E-state index in [0.29, 0.717) is 49.7 Å². The number of aromatic nitrogens is 2. The molecule has 27 heavy (non-hydrogen) atoms. The van der Waals surface area contributed by atoms with Gasteiger partial charge in [-0.15, -0.1) is 0 Å². The monoisotopic (exact) mass is 378 g/mol. The SMILES string of the molecule is CC(C)(C(=O)O)c1cnc(NCC[C@H]2CCCCO2)nc1N1CCOCC1. The fraction of sp³-hybridized carbons (Fsp3) is 0.737. The standard InChI is InChI=1S/C19H30N4O4/c1-19(2,17(24)25)15-13-21-18(20-7-6-14-5-3-4-10-27-14)22-16(15)23-8-11-26-12-9-23/h13-14H,3-12H2,1-2H3,(H,24,25)(H,20,21,22)/t14-/m1/s1. The molecule has 0 spiro atoms. The van der Waals surface area contributed by atoms with Gasteiger partial charge < -0.3 is 24.8 Å². The van der Waals surface area contributed by atoms with Crippen LogP contribution in [0.25, 0.3) is 0 Å². The van der Waals surface area contributed by atoms with Crippen molar-refractivity contribution in [1.82, 2.24) is 9.97 Å². The van der Waals surface area contributed by atoms with Crippen molar-refractivity contribution in [3.8, 4) is 0 Å². The third kappa shape index (κ3) is 4.87. The molecular formula is C19H30N4O4. The molecule has 0 unspecified atom stereocenters. The number of morpholine rings is 1. The molecule has 0 aromatic carbocycles. The van der Waals surface area contributed by atoms with Crippen LogP contribution in [-0.2, 0) is 19.7 Å². The molecule has 2 saturated heterocycles. The van der Waals surface area contributed by atoms with Gasteiger partial charge in [0.05, 0.1) is 24.7 Å². The number of nitrogens with one attached hydrogen (secondary N) is 1. The molecule has 3 heterocycles. The van der Waals surface area contributed by atoms with Gasteiger partial charge in [0.25, 0.3) is 0 Å². The Kier molecular flexibility index (Phi) is 6.49. The molecule has 0 saturated carbocycles. The fourth-order valence-corrected chi connectivity index (χ4v) is 3.41. The van der Waals surface area contributed by atoms with E-state index in [1.54, 1.807) is 20.0 Å². The summed E-state index contributed by atoms with van der Waals surface area (Å²) in [6, 6.07) is 0. The second-order valence-corrected chi connectivity index (χ2v) is 7.66. The summed E-state index contributed by atoms with van der Waals surface area (Å²) in [6.45, 7) is 7.55. The molecule has 8 heteroatoms. The second kappa shape index (κ2) is 8.84. The predicted octanol–water partition coefficient (Wildman–Crippen LogP) is 2.05. The van der Waals surface area contributed by atoms with E-state index in [1.807, 2.05) is 0 Å². The smallest absolute Gasteiger partial charge is 0.313 e. The molecule has 1 atom stereocenters. The zero-order valence-corrected chi connectivity index (χ0v) is 16.2. The van der Waals surface area contributed by atoms with Crippen molar-refractivity contribution < 1.29 is 19.4 Å². The largest absolute Gasteiger partial charge is 0.481 e. The number of carboxylic acid groups (broad SMARTS) is 1. The zero-order chi connectivity index (χ0) is 19.3. The number of hydrogen-bond donors (Lipinski definition) is 2. The number of ether oxygens (including phenoxy) is 2. The number of anilines is 2. The van der Waals surface area contributed by atoms with Crippen LogP contribution in [0.2, 0.25) is 0 Å². The van der Waals surface area contributed by atoms with Gasteiger partial charge in [0.1, 0.15) is 5.82 Å². The molecule has 2 N–H and O–H groups in total. The second-order valence-electron chi connectivity index (χ2n) is 7.66. The van der Waals surface area contributed by atoms with Gasteiger partial charge in [0, 0.05) is 38.0 Å². The van der Waals surface area contributed by atoms with Crippen LogP contribution in [0.3, 0.4) is 0 Å². The van der Waals surface area contributed by atoms with Gasteiger partial charge in [-0.05, 0) is 39.5 Å². The maximum atomic E-state index is 11.8. The van der Waals surface area contributed by atoms with Crippen LogP contribution in [0, 0.1) is 0 Å². The molecule has 1 aromatic heterocycles. The third-order valence-electron chi connectivity index (χ3n) is 5.31. The van der Waals surface area contributed by atoms with Crippen molar-refractivity contribution >= 4 is 17.7 Å². The van der Waals surface area contributed by atoms with E-state index in [2.05, 4.69) is 20.2 Å². The maximum Gasteiger partial charge on any atom is 0.313 e. The molecule has 2 aliphatic heterocycles. The highest BCUT2D eigenvalue weighted by molar-refractivity contribution is 5.82. The van der Waals surface area contributed by atoms with Crippen molar-refractivity contribution in [2.45, 2.75) is 51.0 Å². The first-order chi connectivity index (χ1) is 13.0. The van der Waals surface area contributed by atoms with Crippen LogP contribution >= 0.6 is 0 Å².